The molecule has 3 aromatic heterocycles. The smallest absolute Gasteiger partial charge is 0.257 e. The fraction of sp³-hybridized carbons (Fsp3) is 0.414. The van der Waals surface area contributed by atoms with E-state index in [2.05, 4.69) is 37.4 Å². The van der Waals surface area contributed by atoms with Crippen LogP contribution in [0, 0.1) is 12.8 Å². The Balaban J connectivity index is 1.17. The second kappa shape index (κ2) is 11.3. The van der Waals surface area contributed by atoms with E-state index < -0.39 is 0 Å². The molecule has 0 aliphatic carbocycles. The largest absolute Gasteiger partial charge is 0.456 e. The van der Waals surface area contributed by atoms with Crippen LogP contribution in [-0.2, 0) is 4.79 Å². The van der Waals surface area contributed by atoms with E-state index in [1.807, 2.05) is 17.9 Å². The van der Waals surface area contributed by atoms with Crippen molar-refractivity contribution in [3.63, 3.8) is 0 Å². The second-order valence-corrected chi connectivity index (χ2v) is 11.9. The van der Waals surface area contributed by atoms with Crippen molar-refractivity contribution in [2.45, 2.75) is 38.5 Å². The Kier molecular flexibility index (Phi) is 7.48. The zero-order valence-corrected chi connectivity index (χ0v) is 23.5. The summed E-state index contributed by atoms with van der Waals surface area (Å²) in [6.45, 7) is 5.36. The normalized spacial score (nSPS) is 18.6. The number of ether oxygens (including phenoxy) is 1. The Labute approximate surface area is 236 Å². The molecule has 10 nitrogen and oxygen atoms in total. The van der Waals surface area contributed by atoms with Gasteiger partial charge in [-0.25, -0.2) is 9.97 Å². The van der Waals surface area contributed by atoms with Gasteiger partial charge in [-0.3, -0.25) is 20.0 Å². The number of hydrogen-bond acceptors (Lipinski definition) is 8. The van der Waals surface area contributed by atoms with E-state index in [1.54, 1.807) is 36.7 Å². The lowest BCUT2D eigenvalue weighted by Crippen LogP contribution is -2.45. The van der Waals surface area contributed by atoms with E-state index in [9.17, 15) is 9.59 Å². The number of thiazole rings is 1. The molecule has 2 saturated heterocycles. The molecule has 2 amide bonds. The first-order chi connectivity index (χ1) is 19.4. The second-order valence-electron chi connectivity index (χ2n) is 10.7. The van der Waals surface area contributed by atoms with Gasteiger partial charge in [0.25, 0.3) is 5.91 Å². The fourth-order valence-corrected chi connectivity index (χ4v) is 6.29. The minimum absolute atomic E-state index is 0.116. The number of carbonyl (C=O) groups excluding carboxylic acids is 2. The number of nitrogens with zero attached hydrogens (tertiary/aromatic N) is 5. The SMILES string of the molecule is Cc1cnc(NC(=O)c2ccc(Oc3ccnc4n[nH]c(C5CCCN(C(=O)C6CCN(C)CC6)C5)c34)cc2)s1. The van der Waals surface area contributed by atoms with Crippen LogP contribution in [0.25, 0.3) is 11.0 Å². The third-order valence-electron chi connectivity index (χ3n) is 7.84. The zero-order valence-electron chi connectivity index (χ0n) is 22.7. The standard InChI is InChI=1S/C29H33N7O3S/c1-18-16-31-29(40-18)32-27(37)19-5-7-22(8-6-19)39-23-9-12-30-26-24(23)25(33-34-26)21-4-3-13-36(17-21)28(38)20-10-14-35(2)15-11-20/h5-9,12,16,20-21H,3-4,10-11,13-15,17H2,1-2H3,(H,30,33,34)(H,31,32,37). The number of likely N-dealkylation sites (tertiary alicyclic amines) is 2. The number of hydrogen-bond donors (Lipinski definition) is 2. The number of fused-ring (bicyclic) bond motifs is 1. The molecule has 0 spiro atoms. The lowest BCUT2D eigenvalue weighted by Gasteiger charge is -2.37. The fourth-order valence-electron chi connectivity index (χ4n) is 5.63. The molecule has 0 bridgehead atoms. The van der Waals surface area contributed by atoms with Crippen molar-refractivity contribution in [1.29, 1.82) is 0 Å². The van der Waals surface area contributed by atoms with Gasteiger partial charge in [-0.2, -0.15) is 5.10 Å². The number of anilines is 1. The van der Waals surface area contributed by atoms with Gasteiger partial charge in [0, 0.05) is 47.8 Å². The quantitative estimate of drug-likeness (QED) is 0.348. The molecular weight excluding hydrogens is 526 g/mol. The predicted octanol–water partition coefficient (Wildman–Crippen LogP) is 4.82. The summed E-state index contributed by atoms with van der Waals surface area (Å²) in [7, 11) is 2.12. The monoisotopic (exact) mass is 559 g/mol. The molecular formula is C29H33N7O3S. The van der Waals surface area contributed by atoms with Crippen LogP contribution in [0.4, 0.5) is 5.13 Å². The van der Waals surface area contributed by atoms with Crippen LogP contribution in [0.5, 0.6) is 11.5 Å². The summed E-state index contributed by atoms with van der Waals surface area (Å²) in [6.07, 6.45) is 7.17. The Morgan fingerprint density at radius 3 is 2.62 bits per heavy atom. The van der Waals surface area contributed by atoms with Crippen LogP contribution in [0.1, 0.15) is 52.5 Å². The average molecular weight is 560 g/mol. The molecule has 4 aromatic rings. The number of piperidine rings is 2. The third-order valence-corrected chi connectivity index (χ3v) is 8.67. The molecule has 2 fully saturated rings. The van der Waals surface area contributed by atoms with Crippen molar-refractivity contribution in [2.75, 3.05) is 38.5 Å². The number of aromatic nitrogens is 4. The highest BCUT2D eigenvalue weighted by atomic mass is 32.1. The minimum atomic E-state index is -0.221. The summed E-state index contributed by atoms with van der Waals surface area (Å²) in [4.78, 5) is 40.0. The van der Waals surface area contributed by atoms with Gasteiger partial charge in [0.05, 0.1) is 11.1 Å². The highest BCUT2D eigenvalue weighted by Gasteiger charge is 2.33. The molecule has 2 aliphatic rings. The van der Waals surface area contributed by atoms with E-state index in [1.165, 1.54) is 11.3 Å². The highest BCUT2D eigenvalue weighted by Crippen LogP contribution is 2.37. The molecule has 0 saturated carbocycles. The van der Waals surface area contributed by atoms with E-state index in [0.29, 0.717) is 34.4 Å². The Bertz CT molecular complexity index is 1510. The van der Waals surface area contributed by atoms with Gasteiger partial charge in [-0.05, 0) is 83.1 Å². The predicted molar refractivity (Wildman–Crippen MR) is 154 cm³/mol. The van der Waals surface area contributed by atoms with Gasteiger partial charge in [0.15, 0.2) is 10.8 Å². The maximum absolute atomic E-state index is 13.3. The molecule has 5 heterocycles. The summed E-state index contributed by atoms with van der Waals surface area (Å²) in [5.74, 6) is 1.55. The summed E-state index contributed by atoms with van der Waals surface area (Å²) in [6, 6.07) is 8.84. The van der Waals surface area contributed by atoms with Crippen LogP contribution >= 0.6 is 11.3 Å². The van der Waals surface area contributed by atoms with Crippen molar-refractivity contribution in [1.82, 2.24) is 30.0 Å². The van der Waals surface area contributed by atoms with Crippen molar-refractivity contribution in [2.24, 2.45) is 5.92 Å². The molecule has 2 aliphatic heterocycles. The first-order valence-corrected chi connectivity index (χ1v) is 14.6. The average Bonchev–Trinajstić information content (AvgIpc) is 3.60. The van der Waals surface area contributed by atoms with Crippen LogP contribution in [0.3, 0.4) is 0 Å². The van der Waals surface area contributed by atoms with Crippen molar-refractivity contribution < 1.29 is 14.3 Å². The number of carbonyl (C=O) groups is 2. The number of pyridine rings is 1. The molecule has 11 heteroatoms. The molecule has 40 heavy (non-hydrogen) atoms. The Hall–Kier alpha value is -3.83. The zero-order chi connectivity index (χ0) is 27.6. The Morgan fingerprint density at radius 2 is 1.88 bits per heavy atom. The lowest BCUT2D eigenvalue weighted by atomic mass is 9.90. The number of rotatable bonds is 6. The van der Waals surface area contributed by atoms with Gasteiger partial charge in [-0.15, -0.1) is 11.3 Å². The molecule has 6 rings (SSSR count). The van der Waals surface area contributed by atoms with Gasteiger partial charge < -0.3 is 14.5 Å². The number of H-pyrrole nitrogens is 1. The molecule has 2 N–H and O–H groups in total. The van der Waals surface area contributed by atoms with Gasteiger partial charge in [0.2, 0.25) is 5.91 Å². The van der Waals surface area contributed by atoms with Gasteiger partial charge >= 0.3 is 0 Å². The van der Waals surface area contributed by atoms with Gasteiger partial charge in [-0.1, -0.05) is 0 Å². The van der Waals surface area contributed by atoms with Crippen LogP contribution in [0.15, 0.2) is 42.7 Å². The molecule has 0 radical (unpaired) electrons. The van der Waals surface area contributed by atoms with E-state index in [-0.39, 0.29) is 23.7 Å². The van der Waals surface area contributed by atoms with Crippen LogP contribution in [0.2, 0.25) is 0 Å². The summed E-state index contributed by atoms with van der Waals surface area (Å²) < 4.78 is 6.29. The Morgan fingerprint density at radius 1 is 1.07 bits per heavy atom. The highest BCUT2D eigenvalue weighted by molar-refractivity contribution is 7.15. The summed E-state index contributed by atoms with van der Waals surface area (Å²) >= 11 is 1.43. The van der Waals surface area contributed by atoms with E-state index in [0.717, 1.165) is 61.3 Å². The van der Waals surface area contributed by atoms with Crippen molar-refractivity contribution in [3.05, 3.63) is 58.9 Å². The number of benzene rings is 1. The maximum atomic E-state index is 13.3. The van der Waals surface area contributed by atoms with E-state index >= 15 is 0 Å². The summed E-state index contributed by atoms with van der Waals surface area (Å²) in [5.41, 5.74) is 2.05. The third kappa shape index (κ3) is 5.57. The number of amides is 2. The topological polar surface area (TPSA) is 116 Å². The summed E-state index contributed by atoms with van der Waals surface area (Å²) in [5, 5.41) is 11.9. The first-order valence-electron chi connectivity index (χ1n) is 13.8. The molecule has 1 unspecified atom stereocenters. The van der Waals surface area contributed by atoms with Gasteiger partial charge in [0.1, 0.15) is 11.5 Å². The number of aryl methyl sites for hydroxylation is 1. The van der Waals surface area contributed by atoms with Crippen molar-refractivity contribution in [3.8, 4) is 11.5 Å². The number of nitrogens with one attached hydrogen (secondary N) is 2. The van der Waals surface area contributed by atoms with Crippen LogP contribution < -0.4 is 10.1 Å². The molecule has 208 valence electrons. The molecule has 1 atom stereocenters. The maximum Gasteiger partial charge on any atom is 0.257 e. The minimum Gasteiger partial charge on any atom is -0.456 e. The van der Waals surface area contributed by atoms with Crippen LogP contribution in [-0.4, -0.2) is 75.0 Å². The van der Waals surface area contributed by atoms with Crippen molar-refractivity contribution >= 4 is 39.3 Å². The number of aromatic amines is 1. The van der Waals surface area contributed by atoms with E-state index in [4.69, 9.17) is 4.74 Å². The first kappa shape index (κ1) is 26.4. The molecule has 1 aromatic carbocycles. The lowest BCUT2D eigenvalue weighted by molar-refractivity contribution is -0.138.